The average molecular weight is 381 g/mol. The Hall–Kier alpha value is -3.35. The lowest BCUT2D eigenvalue weighted by Gasteiger charge is -2.06. The van der Waals surface area contributed by atoms with E-state index in [-0.39, 0.29) is 22.9 Å². The summed E-state index contributed by atoms with van der Waals surface area (Å²) in [6.07, 6.45) is 3.01. The van der Waals surface area contributed by atoms with E-state index in [9.17, 15) is 15.0 Å². The summed E-state index contributed by atoms with van der Waals surface area (Å²) in [5, 5.41) is 28.9. The number of carbonyl (C=O) groups excluding carboxylic acids is 1. The van der Waals surface area contributed by atoms with Crippen LogP contribution in [0.1, 0.15) is 36.5 Å². The minimum absolute atomic E-state index is 0.0480. The molecule has 0 radical (unpaired) electrons. The zero-order chi connectivity index (χ0) is 20.1. The normalized spacial score (nSPS) is 11.4. The van der Waals surface area contributed by atoms with Crippen LogP contribution in [0.5, 0.6) is 17.4 Å². The van der Waals surface area contributed by atoms with Crippen LogP contribution in [0.15, 0.2) is 52.7 Å². The molecule has 0 bridgehead atoms. The van der Waals surface area contributed by atoms with Crippen LogP contribution in [0.3, 0.4) is 0 Å². The van der Waals surface area contributed by atoms with Crippen molar-refractivity contribution in [2.75, 3.05) is 7.11 Å². The van der Waals surface area contributed by atoms with E-state index in [4.69, 9.17) is 4.74 Å². The molecule has 3 aromatic rings. The molecule has 7 heteroatoms. The molecule has 0 saturated carbocycles. The Balaban J connectivity index is 2.02. The van der Waals surface area contributed by atoms with Gasteiger partial charge in [-0.25, -0.2) is 0 Å². The van der Waals surface area contributed by atoms with Crippen LogP contribution in [0, 0.1) is 0 Å². The van der Waals surface area contributed by atoms with Crippen molar-refractivity contribution in [1.82, 2.24) is 4.57 Å². The summed E-state index contributed by atoms with van der Waals surface area (Å²) in [5.41, 5.74) is 1.04. The molecule has 146 valence electrons. The summed E-state index contributed by atoms with van der Waals surface area (Å²) in [4.78, 5) is 12.3. The van der Waals surface area contributed by atoms with Crippen LogP contribution in [0.4, 0.5) is 5.69 Å². The van der Waals surface area contributed by atoms with E-state index in [1.807, 2.05) is 12.1 Å². The van der Waals surface area contributed by atoms with Crippen molar-refractivity contribution in [1.29, 1.82) is 0 Å². The molecule has 1 heterocycles. The molecule has 2 N–H and O–H groups in total. The number of hydrogen-bond acceptors (Lipinski definition) is 5. The van der Waals surface area contributed by atoms with Crippen molar-refractivity contribution in [3.8, 4) is 17.4 Å². The zero-order valence-corrected chi connectivity index (χ0v) is 15.9. The third-order valence-corrected chi connectivity index (χ3v) is 4.58. The van der Waals surface area contributed by atoms with Gasteiger partial charge >= 0.3 is 0 Å². The maximum Gasteiger partial charge on any atom is 0.299 e. The van der Waals surface area contributed by atoms with E-state index in [1.54, 1.807) is 29.9 Å². The van der Waals surface area contributed by atoms with Crippen LogP contribution in [-0.4, -0.2) is 27.8 Å². The molecule has 0 saturated heterocycles. The maximum absolute atomic E-state index is 12.3. The van der Waals surface area contributed by atoms with Gasteiger partial charge in [0.05, 0.1) is 18.2 Å². The van der Waals surface area contributed by atoms with Gasteiger partial charge in [-0.15, -0.1) is 10.2 Å². The Morgan fingerprint density at radius 1 is 1.14 bits per heavy atom. The number of carbonyl (C=O) groups is 1. The molecule has 0 aliphatic heterocycles. The van der Waals surface area contributed by atoms with Gasteiger partial charge in [-0.3, -0.25) is 4.79 Å². The average Bonchev–Trinajstić information content (AvgIpc) is 2.97. The maximum atomic E-state index is 12.3. The number of azo groups is 1. The topological polar surface area (TPSA) is 96.4 Å². The van der Waals surface area contributed by atoms with Crippen molar-refractivity contribution >= 4 is 22.5 Å². The van der Waals surface area contributed by atoms with E-state index in [0.29, 0.717) is 17.7 Å². The number of ether oxygens (including phenoxy) is 1. The van der Waals surface area contributed by atoms with E-state index >= 15 is 0 Å². The highest BCUT2D eigenvalue weighted by atomic mass is 16.5. The van der Waals surface area contributed by atoms with Crippen LogP contribution < -0.4 is 4.74 Å². The minimum atomic E-state index is -0.688. The summed E-state index contributed by atoms with van der Waals surface area (Å²) in [6, 6.07) is 11.5. The third kappa shape index (κ3) is 3.83. The fourth-order valence-electron chi connectivity index (χ4n) is 3.08. The van der Waals surface area contributed by atoms with Crippen LogP contribution in [0.25, 0.3) is 10.9 Å². The van der Waals surface area contributed by atoms with E-state index in [1.165, 1.54) is 12.1 Å². The van der Waals surface area contributed by atoms with Gasteiger partial charge in [0.2, 0.25) is 5.88 Å². The number of phenols is 1. The number of phenolic OH excluding ortho intramolecular Hbond substituents is 1. The summed E-state index contributed by atoms with van der Waals surface area (Å²) in [6.45, 7) is 2.74. The Labute approximate surface area is 162 Å². The molecule has 0 fully saturated rings. The summed E-state index contributed by atoms with van der Waals surface area (Å²) < 4.78 is 7.04. The van der Waals surface area contributed by atoms with Gasteiger partial charge in [0.25, 0.3) is 5.91 Å². The van der Waals surface area contributed by atoms with Gasteiger partial charge in [0.15, 0.2) is 5.69 Å². The summed E-state index contributed by atoms with van der Waals surface area (Å²) >= 11 is 0. The Kier molecular flexibility index (Phi) is 5.93. The highest BCUT2D eigenvalue weighted by molar-refractivity contribution is 5.99. The quantitative estimate of drug-likeness (QED) is 0.435. The van der Waals surface area contributed by atoms with Crippen molar-refractivity contribution in [2.45, 2.75) is 32.7 Å². The number of hydrogen-bond donors (Lipinski definition) is 2. The summed E-state index contributed by atoms with van der Waals surface area (Å²) in [7, 11) is 1.56. The molecule has 28 heavy (non-hydrogen) atoms. The van der Waals surface area contributed by atoms with Gasteiger partial charge in [-0.2, -0.15) is 0 Å². The standard InChI is InChI=1S/C21H23N3O4/c1-3-4-7-12-24-17-11-10-14(28-2)13-16(17)19(21(24)27)22-23-20(26)15-8-5-6-9-18(15)25/h5-6,8-11,13,25,27H,3-4,7,12H2,1-2H3. The van der Waals surface area contributed by atoms with Crippen molar-refractivity contribution in [3.05, 3.63) is 48.0 Å². The van der Waals surface area contributed by atoms with Crippen LogP contribution in [0.2, 0.25) is 0 Å². The fourth-order valence-corrected chi connectivity index (χ4v) is 3.08. The van der Waals surface area contributed by atoms with Gasteiger partial charge in [0.1, 0.15) is 11.5 Å². The van der Waals surface area contributed by atoms with Gasteiger partial charge < -0.3 is 19.5 Å². The third-order valence-electron chi connectivity index (χ3n) is 4.58. The molecule has 0 spiro atoms. The van der Waals surface area contributed by atoms with Gasteiger partial charge in [-0.1, -0.05) is 31.9 Å². The number of benzene rings is 2. The summed E-state index contributed by atoms with van der Waals surface area (Å²) in [5.74, 6) is -0.290. The molecule has 7 nitrogen and oxygen atoms in total. The molecule has 0 aliphatic rings. The van der Waals surface area contributed by atoms with Crippen molar-refractivity contribution < 1.29 is 19.7 Å². The molecule has 0 aliphatic carbocycles. The molecule has 2 aromatic carbocycles. The molecule has 3 rings (SSSR count). The van der Waals surface area contributed by atoms with Crippen molar-refractivity contribution in [3.63, 3.8) is 0 Å². The Morgan fingerprint density at radius 3 is 2.64 bits per heavy atom. The van der Waals surface area contributed by atoms with Crippen molar-refractivity contribution in [2.24, 2.45) is 10.2 Å². The number of aryl methyl sites for hydroxylation is 1. The molecule has 1 amide bonds. The second kappa shape index (κ2) is 8.56. The van der Waals surface area contributed by atoms with Crippen LogP contribution >= 0.6 is 0 Å². The van der Waals surface area contributed by atoms with E-state index in [0.717, 1.165) is 24.8 Å². The molecular weight excluding hydrogens is 358 g/mol. The number of unbranched alkanes of at least 4 members (excludes halogenated alkanes) is 2. The minimum Gasteiger partial charge on any atom is -0.507 e. The number of aromatic hydroxyl groups is 2. The van der Waals surface area contributed by atoms with Crippen LogP contribution in [-0.2, 0) is 6.54 Å². The monoisotopic (exact) mass is 381 g/mol. The number of nitrogens with zero attached hydrogens (tertiary/aromatic N) is 3. The molecule has 0 unspecified atom stereocenters. The lowest BCUT2D eigenvalue weighted by molar-refractivity contribution is 0.0992. The first-order valence-electron chi connectivity index (χ1n) is 9.20. The SMILES string of the molecule is CCCCCn1c(O)c(N=NC(=O)c2ccccc2O)c2cc(OC)ccc21. The first-order chi connectivity index (χ1) is 13.6. The highest BCUT2D eigenvalue weighted by Crippen LogP contribution is 2.40. The molecular formula is C21H23N3O4. The second-order valence-electron chi connectivity index (χ2n) is 6.44. The largest absolute Gasteiger partial charge is 0.507 e. The van der Waals surface area contributed by atoms with E-state index < -0.39 is 5.91 Å². The number of aromatic nitrogens is 1. The first-order valence-corrected chi connectivity index (χ1v) is 9.20. The number of para-hydroxylation sites is 1. The first kappa shape index (κ1) is 19.4. The second-order valence-corrected chi connectivity index (χ2v) is 6.44. The van der Waals surface area contributed by atoms with E-state index in [2.05, 4.69) is 17.2 Å². The lowest BCUT2D eigenvalue weighted by Crippen LogP contribution is -1.97. The number of rotatable bonds is 7. The lowest BCUT2D eigenvalue weighted by atomic mass is 10.2. The number of amides is 1. The Bertz CT molecular complexity index is 1020. The molecule has 1 aromatic heterocycles. The smallest absolute Gasteiger partial charge is 0.299 e. The predicted octanol–water partition coefficient (Wildman–Crippen LogP) is 5.18. The Morgan fingerprint density at radius 2 is 1.93 bits per heavy atom. The van der Waals surface area contributed by atoms with Gasteiger partial charge in [0, 0.05) is 11.9 Å². The predicted molar refractivity (Wildman–Crippen MR) is 107 cm³/mol. The highest BCUT2D eigenvalue weighted by Gasteiger charge is 2.18. The fraction of sp³-hybridized carbons (Fsp3) is 0.286. The van der Waals surface area contributed by atoms with Gasteiger partial charge in [-0.05, 0) is 36.8 Å². The number of methoxy groups -OCH3 is 1. The zero-order valence-electron chi connectivity index (χ0n) is 15.9. The molecule has 0 atom stereocenters. The number of fused-ring (bicyclic) bond motifs is 1.